The SMILES string of the molecule is CCCOc1c(Cl)cc(/C=C2\CCn3c2nc2cc(Cl)ccc2c3=O)cc1OC. The minimum Gasteiger partial charge on any atom is -0.493 e. The van der Waals surface area contributed by atoms with E-state index < -0.39 is 0 Å². The lowest BCUT2D eigenvalue weighted by molar-refractivity contribution is 0.294. The van der Waals surface area contributed by atoms with E-state index >= 15 is 0 Å². The zero-order chi connectivity index (χ0) is 20.5. The number of hydrogen-bond donors (Lipinski definition) is 0. The van der Waals surface area contributed by atoms with Crippen LogP contribution in [0.1, 0.15) is 31.2 Å². The largest absolute Gasteiger partial charge is 0.493 e. The summed E-state index contributed by atoms with van der Waals surface area (Å²) >= 11 is 12.5. The minimum atomic E-state index is -0.0519. The lowest BCUT2D eigenvalue weighted by atomic mass is 10.1. The van der Waals surface area contributed by atoms with Crippen molar-refractivity contribution in [3.05, 3.63) is 62.1 Å². The van der Waals surface area contributed by atoms with Gasteiger partial charge in [0.1, 0.15) is 5.82 Å². The van der Waals surface area contributed by atoms with Gasteiger partial charge < -0.3 is 9.47 Å². The van der Waals surface area contributed by atoms with Crippen LogP contribution in [0.4, 0.5) is 0 Å². The van der Waals surface area contributed by atoms with Gasteiger partial charge in [-0.25, -0.2) is 4.98 Å². The summed E-state index contributed by atoms with van der Waals surface area (Å²) in [4.78, 5) is 17.5. The van der Waals surface area contributed by atoms with Crippen molar-refractivity contribution in [3.63, 3.8) is 0 Å². The number of allylic oxidation sites excluding steroid dienone is 1. The summed E-state index contributed by atoms with van der Waals surface area (Å²) in [5.74, 6) is 1.78. The smallest absolute Gasteiger partial charge is 0.261 e. The number of methoxy groups -OCH3 is 1. The van der Waals surface area contributed by atoms with E-state index in [1.54, 1.807) is 29.9 Å². The number of benzene rings is 2. The van der Waals surface area contributed by atoms with Crippen LogP contribution >= 0.6 is 23.2 Å². The van der Waals surface area contributed by atoms with Crippen LogP contribution in [0.5, 0.6) is 11.5 Å². The summed E-state index contributed by atoms with van der Waals surface area (Å²) in [7, 11) is 1.59. The van der Waals surface area contributed by atoms with Gasteiger partial charge in [-0.05, 0) is 60.4 Å². The first kappa shape index (κ1) is 19.8. The molecule has 2 heterocycles. The average molecular weight is 431 g/mol. The molecule has 0 spiro atoms. The maximum absolute atomic E-state index is 12.8. The fraction of sp³-hybridized carbons (Fsp3) is 0.273. The molecule has 1 aromatic heterocycles. The first-order valence-electron chi connectivity index (χ1n) is 9.43. The van der Waals surface area contributed by atoms with Gasteiger partial charge in [0.05, 0.1) is 29.6 Å². The molecule has 4 rings (SSSR count). The standard InChI is InChI=1S/C22H20Cl2N2O3/c1-3-8-29-20-17(24)10-13(11-19(20)28-2)9-14-6-7-26-21(14)25-18-12-15(23)4-5-16(18)22(26)27/h4-5,9-12H,3,6-8H2,1-2H3/b14-9+. The van der Waals surface area contributed by atoms with Crippen molar-refractivity contribution in [2.75, 3.05) is 13.7 Å². The normalized spacial score (nSPS) is 14.4. The third-order valence-corrected chi connectivity index (χ3v) is 5.37. The molecule has 1 aliphatic rings. The second kappa shape index (κ2) is 8.09. The second-order valence-corrected chi connectivity index (χ2v) is 7.70. The van der Waals surface area contributed by atoms with Crippen molar-refractivity contribution in [2.45, 2.75) is 26.3 Å². The minimum absolute atomic E-state index is 0.0519. The van der Waals surface area contributed by atoms with Crippen molar-refractivity contribution in [1.29, 1.82) is 0 Å². The van der Waals surface area contributed by atoms with E-state index in [1.165, 1.54) is 0 Å². The summed E-state index contributed by atoms with van der Waals surface area (Å²) in [6.45, 7) is 3.18. The van der Waals surface area contributed by atoms with Crippen LogP contribution in [-0.4, -0.2) is 23.3 Å². The number of fused-ring (bicyclic) bond motifs is 2. The molecule has 3 aromatic rings. The highest BCUT2D eigenvalue weighted by Crippen LogP contribution is 2.38. The summed E-state index contributed by atoms with van der Waals surface area (Å²) in [5.41, 5.74) is 2.37. The van der Waals surface area contributed by atoms with Crippen LogP contribution < -0.4 is 15.0 Å². The molecule has 0 saturated heterocycles. The van der Waals surface area contributed by atoms with Gasteiger partial charge >= 0.3 is 0 Å². The fourth-order valence-corrected chi connectivity index (χ4v) is 3.94. The highest BCUT2D eigenvalue weighted by atomic mass is 35.5. The third-order valence-electron chi connectivity index (χ3n) is 4.85. The molecule has 1 aliphatic heterocycles. The molecule has 0 saturated carbocycles. The first-order chi connectivity index (χ1) is 14.0. The van der Waals surface area contributed by atoms with Gasteiger partial charge in [0.2, 0.25) is 0 Å². The molecule has 5 nitrogen and oxygen atoms in total. The Morgan fingerprint density at radius 3 is 2.83 bits per heavy atom. The molecule has 150 valence electrons. The fourth-order valence-electron chi connectivity index (χ4n) is 3.50. The summed E-state index contributed by atoms with van der Waals surface area (Å²) in [5, 5.41) is 1.61. The van der Waals surface area contributed by atoms with Gasteiger partial charge in [-0.3, -0.25) is 9.36 Å². The number of hydrogen-bond acceptors (Lipinski definition) is 4. The maximum atomic E-state index is 12.8. The van der Waals surface area contributed by atoms with E-state index in [0.717, 1.165) is 17.6 Å². The molecule has 0 amide bonds. The average Bonchev–Trinajstić information content (AvgIpc) is 3.09. The number of rotatable bonds is 5. The molecule has 0 fully saturated rings. The predicted molar refractivity (Wildman–Crippen MR) is 117 cm³/mol. The summed E-state index contributed by atoms with van der Waals surface area (Å²) < 4.78 is 12.9. The molecule has 2 aromatic carbocycles. The van der Waals surface area contributed by atoms with Gasteiger partial charge in [0, 0.05) is 11.6 Å². The number of ether oxygens (including phenoxy) is 2. The van der Waals surface area contributed by atoms with Crippen molar-refractivity contribution >= 4 is 45.8 Å². The zero-order valence-corrected chi connectivity index (χ0v) is 17.7. The van der Waals surface area contributed by atoms with Gasteiger partial charge in [-0.1, -0.05) is 30.1 Å². The van der Waals surface area contributed by atoms with Crippen molar-refractivity contribution < 1.29 is 9.47 Å². The van der Waals surface area contributed by atoms with Crippen LogP contribution in [0.3, 0.4) is 0 Å². The van der Waals surface area contributed by atoms with Gasteiger partial charge in [-0.2, -0.15) is 0 Å². The quantitative estimate of drug-likeness (QED) is 0.540. The van der Waals surface area contributed by atoms with Crippen LogP contribution in [0.2, 0.25) is 10.0 Å². The molecule has 0 aliphatic carbocycles. The summed E-state index contributed by atoms with van der Waals surface area (Å²) in [6, 6.07) is 8.86. The molecule has 0 N–H and O–H groups in total. The van der Waals surface area contributed by atoms with Gasteiger partial charge in [0.25, 0.3) is 5.56 Å². The molecule has 0 radical (unpaired) electrons. The Morgan fingerprint density at radius 2 is 2.07 bits per heavy atom. The first-order valence-corrected chi connectivity index (χ1v) is 10.2. The van der Waals surface area contributed by atoms with Crippen LogP contribution in [0.15, 0.2) is 35.1 Å². The Balaban J connectivity index is 1.79. The second-order valence-electron chi connectivity index (χ2n) is 6.86. The highest BCUT2D eigenvalue weighted by molar-refractivity contribution is 6.32. The van der Waals surface area contributed by atoms with Crippen molar-refractivity contribution in [1.82, 2.24) is 9.55 Å². The molecular formula is C22H20Cl2N2O3. The lowest BCUT2D eigenvalue weighted by Gasteiger charge is -2.13. The molecule has 7 heteroatoms. The van der Waals surface area contributed by atoms with E-state index in [1.807, 2.05) is 25.1 Å². The molecule has 29 heavy (non-hydrogen) atoms. The van der Waals surface area contributed by atoms with E-state index in [2.05, 4.69) is 0 Å². The summed E-state index contributed by atoms with van der Waals surface area (Å²) in [6.07, 6.45) is 3.57. The predicted octanol–water partition coefficient (Wildman–Crippen LogP) is 5.45. The van der Waals surface area contributed by atoms with Crippen LogP contribution in [0.25, 0.3) is 22.6 Å². The third kappa shape index (κ3) is 3.72. The van der Waals surface area contributed by atoms with Gasteiger partial charge in [-0.15, -0.1) is 0 Å². The van der Waals surface area contributed by atoms with Crippen LogP contribution in [-0.2, 0) is 6.54 Å². The number of aromatic nitrogens is 2. The Bertz CT molecular complexity index is 1180. The Labute approximate surface area is 178 Å². The van der Waals surface area contributed by atoms with Crippen LogP contribution in [0, 0.1) is 0 Å². The Morgan fingerprint density at radius 1 is 1.24 bits per heavy atom. The van der Waals surface area contributed by atoms with E-state index in [9.17, 15) is 4.79 Å². The molecule has 0 unspecified atom stereocenters. The monoisotopic (exact) mass is 430 g/mol. The van der Waals surface area contributed by atoms with Crippen molar-refractivity contribution in [3.8, 4) is 11.5 Å². The zero-order valence-electron chi connectivity index (χ0n) is 16.2. The Hall–Kier alpha value is -2.50. The van der Waals surface area contributed by atoms with Gasteiger partial charge in [0.15, 0.2) is 11.5 Å². The number of nitrogens with zero attached hydrogens (tertiary/aromatic N) is 2. The van der Waals surface area contributed by atoms with E-state index in [-0.39, 0.29) is 5.56 Å². The van der Waals surface area contributed by atoms with Crippen molar-refractivity contribution in [2.24, 2.45) is 0 Å². The van der Waals surface area contributed by atoms with E-state index in [0.29, 0.717) is 57.8 Å². The Kier molecular flexibility index (Phi) is 5.52. The molecule has 0 bridgehead atoms. The topological polar surface area (TPSA) is 53.4 Å². The molecule has 0 atom stereocenters. The highest BCUT2D eigenvalue weighted by Gasteiger charge is 2.21. The maximum Gasteiger partial charge on any atom is 0.261 e. The number of halogens is 2. The van der Waals surface area contributed by atoms with E-state index in [4.69, 9.17) is 37.7 Å². The lowest BCUT2D eigenvalue weighted by Crippen LogP contribution is -2.20. The molecular weight excluding hydrogens is 411 g/mol.